The van der Waals surface area contributed by atoms with E-state index >= 15 is 0 Å². The van der Waals surface area contributed by atoms with Gasteiger partial charge in [-0.15, -0.1) is 0 Å². The highest BCUT2D eigenvalue weighted by molar-refractivity contribution is 6.04. The van der Waals surface area contributed by atoms with Crippen molar-refractivity contribution >= 4 is 28.6 Å². The molecule has 1 N–H and O–H groups in total. The monoisotopic (exact) mass is 381 g/mol. The third kappa shape index (κ3) is 3.57. The highest BCUT2D eigenvalue weighted by Gasteiger charge is 2.36. The molecule has 2 heterocycles. The Morgan fingerprint density at radius 1 is 1.04 bits per heavy atom. The number of carbonyl (C=O) groups excluding carboxylic acids is 3. The highest BCUT2D eigenvalue weighted by atomic mass is 16.2. The Hall–Kier alpha value is -2.93. The van der Waals surface area contributed by atoms with E-state index in [0.717, 1.165) is 24.5 Å². The normalized spacial score (nSPS) is 18.4. The number of quaternary nitrogens is 1. The lowest BCUT2D eigenvalue weighted by atomic mass is 10.0. The summed E-state index contributed by atoms with van der Waals surface area (Å²) in [7, 11) is 1.57. The van der Waals surface area contributed by atoms with E-state index in [9.17, 15) is 14.4 Å². The second-order valence-electron chi connectivity index (χ2n) is 7.56. The van der Waals surface area contributed by atoms with Crippen LogP contribution in [0.5, 0.6) is 0 Å². The number of hydrogen-bond acceptors (Lipinski definition) is 3. The molecule has 7 heteroatoms. The van der Waals surface area contributed by atoms with Crippen LogP contribution >= 0.6 is 0 Å². The Labute approximate surface area is 164 Å². The van der Waals surface area contributed by atoms with Gasteiger partial charge in [0.05, 0.1) is 26.2 Å². The van der Waals surface area contributed by atoms with E-state index in [-0.39, 0.29) is 24.9 Å². The first-order chi connectivity index (χ1) is 13.5. The van der Waals surface area contributed by atoms with E-state index in [1.165, 1.54) is 26.1 Å². The molecule has 4 rings (SSSR count). The molecule has 2 fully saturated rings. The van der Waals surface area contributed by atoms with E-state index in [1.807, 2.05) is 0 Å². The van der Waals surface area contributed by atoms with Crippen molar-refractivity contribution in [1.29, 1.82) is 0 Å². The van der Waals surface area contributed by atoms with Crippen molar-refractivity contribution in [3.63, 3.8) is 0 Å². The quantitative estimate of drug-likeness (QED) is 0.756. The molecular formula is C21H25N4O3+. The van der Waals surface area contributed by atoms with Crippen molar-refractivity contribution in [2.45, 2.75) is 6.54 Å². The lowest BCUT2D eigenvalue weighted by Gasteiger charge is -2.33. The summed E-state index contributed by atoms with van der Waals surface area (Å²) < 4.78 is 0. The van der Waals surface area contributed by atoms with Crippen molar-refractivity contribution in [3.8, 4) is 0 Å². The molecule has 0 atom stereocenters. The summed E-state index contributed by atoms with van der Waals surface area (Å²) in [6, 6.07) is 14.4. The maximum Gasteiger partial charge on any atom is 0.327 e. The van der Waals surface area contributed by atoms with Gasteiger partial charge in [-0.1, -0.05) is 42.5 Å². The van der Waals surface area contributed by atoms with E-state index < -0.39 is 6.03 Å². The summed E-state index contributed by atoms with van der Waals surface area (Å²) >= 11 is 0. The number of likely N-dealkylation sites (N-methyl/N-ethyl adjacent to an activating group) is 1. The largest absolute Gasteiger partial charge is 0.330 e. The number of carbonyl (C=O) groups is 3. The van der Waals surface area contributed by atoms with Gasteiger partial charge in [-0.05, 0) is 10.8 Å². The molecule has 0 bridgehead atoms. The van der Waals surface area contributed by atoms with Crippen molar-refractivity contribution in [1.82, 2.24) is 14.7 Å². The molecule has 28 heavy (non-hydrogen) atoms. The first kappa shape index (κ1) is 18.4. The Balaban J connectivity index is 1.34. The molecule has 0 aromatic heterocycles. The number of fused-ring (bicyclic) bond motifs is 1. The summed E-state index contributed by atoms with van der Waals surface area (Å²) in [4.78, 5) is 42.0. The zero-order valence-corrected chi connectivity index (χ0v) is 16.1. The van der Waals surface area contributed by atoms with Crippen LogP contribution in [0.3, 0.4) is 0 Å². The summed E-state index contributed by atoms with van der Waals surface area (Å²) in [6.45, 7) is 3.83. The Bertz CT molecular complexity index is 916. The van der Waals surface area contributed by atoms with Gasteiger partial charge in [0, 0.05) is 12.6 Å². The first-order valence-electron chi connectivity index (χ1n) is 9.66. The fraction of sp³-hybridized carbons (Fsp3) is 0.381. The van der Waals surface area contributed by atoms with E-state index in [4.69, 9.17) is 0 Å². The fourth-order valence-electron chi connectivity index (χ4n) is 4.02. The van der Waals surface area contributed by atoms with Crippen LogP contribution in [0.15, 0.2) is 42.5 Å². The first-order valence-corrected chi connectivity index (χ1v) is 9.66. The molecule has 7 nitrogen and oxygen atoms in total. The summed E-state index contributed by atoms with van der Waals surface area (Å²) in [5.74, 6) is -0.456. The third-order valence-corrected chi connectivity index (χ3v) is 5.67. The van der Waals surface area contributed by atoms with Crippen LogP contribution in [0.4, 0.5) is 4.79 Å². The number of amides is 4. The van der Waals surface area contributed by atoms with Gasteiger partial charge in [0.2, 0.25) is 5.91 Å². The van der Waals surface area contributed by atoms with Crippen molar-refractivity contribution in [3.05, 3.63) is 48.0 Å². The molecule has 4 amide bonds. The molecule has 2 aromatic carbocycles. The Morgan fingerprint density at radius 2 is 1.75 bits per heavy atom. The van der Waals surface area contributed by atoms with Crippen LogP contribution in [-0.2, 0) is 16.1 Å². The van der Waals surface area contributed by atoms with Gasteiger partial charge < -0.3 is 14.7 Å². The van der Waals surface area contributed by atoms with Gasteiger partial charge in [-0.25, -0.2) is 4.79 Å². The minimum atomic E-state index is -0.390. The molecule has 0 saturated carbocycles. The Morgan fingerprint density at radius 3 is 2.46 bits per heavy atom. The number of hydrogen-bond donors (Lipinski definition) is 1. The van der Waals surface area contributed by atoms with Gasteiger partial charge in [0.1, 0.15) is 19.6 Å². The number of imide groups is 1. The number of benzene rings is 2. The maximum absolute atomic E-state index is 12.5. The molecule has 146 valence electrons. The number of nitrogens with zero attached hydrogens (tertiary/aromatic N) is 3. The van der Waals surface area contributed by atoms with E-state index in [2.05, 4.69) is 42.5 Å². The van der Waals surface area contributed by atoms with E-state index in [0.29, 0.717) is 13.1 Å². The van der Waals surface area contributed by atoms with Gasteiger partial charge >= 0.3 is 6.03 Å². The van der Waals surface area contributed by atoms with Gasteiger partial charge in [0.25, 0.3) is 5.91 Å². The van der Waals surface area contributed by atoms with Crippen LogP contribution in [0.25, 0.3) is 10.8 Å². The Kier molecular flexibility index (Phi) is 5.00. The van der Waals surface area contributed by atoms with Crippen LogP contribution in [0.1, 0.15) is 5.56 Å². The summed E-state index contributed by atoms with van der Waals surface area (Å²) in [5.41, 5.74) is 1.32. The molecule has 0 unspecified atom stereocenters. The smallest absolute Gasteiger partial charge is 0.327 e. The topological polar surface area (TPSA) is 65.4 Å². The molecule has 2 aliphatic heterocycles. The van der Waals surface area contributed by atoms with Crippen LogP contribution < -0.4 is 4.90 Å². The van der Waals surface area contributed by atoms with Crippen molar-refractivity contribution in [2.75, 3.05) is 46.3 Å². The maximum atomic E-state index is 12.5. The molecule has 0 spiro atoms. The standard InChI is InChI=1S/C21H24N4O3/c1-22-14-20(27)25(21(22)28)15-19(26)24-11-9-23(10-12-24)13-17-7-4-6-16-5-2-3-8-18(16)17/h2-8H,9-15H2,1H3/p+1. The molecule has 0 aliphatic carbocycles. The summed E-state index contributed by atoms with van der Waals surface area (Å²) in [5, 5.41) is 2.53. The number of urea groups is 1. The molecule has 2 aliphatic rings. The molecular weight excluding hydrogens is 356 g/mol. The highest BCUT2D eigenvalue weighted by Crippen LogP contribution is 2.17. The number of nitrogens with one attached hydrogen (secondary N) is 1. The van der Waals surface area contributed by atoms with Gasteiger partial charge in [-0.3, -0.25) is 14.5 Å². The lowest BCUT2D eigenvalue weighted by molar-refractivity contribution is -0.917. The second-order valence-corrected chi connectivity index (χ2v) is 7.56. The fourth-order valence-corrected chi connectivity index (χ4v) is 4.02. The lowest BCUT2D eigenvalue weighted by Crippen LogP contribution is -3.13. The predicted molar refractivity (Wildman–Crippen MR) is 105 cm³/mol. The van der Waals surface area contributed by atoms with Gasteiger partial charge in [0.15, 0.2) is 0 Å². The average Bonchev–Trinajstić information content (AvgIpc) is 2.95. The zero-order valence-electron chi connectivity index (χ0n) is 16.1. The van der Waals surface area contributed by atoms with Crippen molar-refractivity contribution < 1.29 is 19.3 Å². The minimum absolute atomic E-state index is 0.0507. The van der Waals surface area contributed by atoms with Crippen LogP contribution in [-0.4, -0.2) is 78.9 Å². The molecule has 2 aromatic rings. The van der Waals surface area contributed by atoms with Gasteiger partial charge in [-0.2, -0.15) is 0 Å². The van der Waals surface area contributed by atoms with Crippen molar-refractivity contribution in [2.24, 2.45) is 0 Å². The zero-order chi connectivity index (χ0) is 19.7. The molecule has 0 radical (unpaired) electrons. The second kappa shape index (κ2) is 7.59. The minimum Gasteiger partial charge on any atom is -0.330 e. The third-order valence-electron chi connectivity index (χ3n) is 5.67. The van der Waals surface area contributed by atoms with Crippen LogP contribution in [0, 0.1) is 0 Å². The summed E-state index contributed by atoms with van der Waals surface area (Å²) in [6.07, 6.45) is 0. The predicted octanol–water partition coefficient (Wildman–Crippen LogP) is -0.0391. The van der Waals surface area contributed by atoms with Crippen LogP contribution in [0.2, 0.25) is 0 Å². The SMILES string of the molecule is CN1CC(=O)N(CC(=O)N2CC[NH+](Cc3cccc4ccccc34)CC2)C1=O. The number of piperazine rings is 1. The molecule has 2 saturated heterocycles. The van der Waals surface area contributed by atoms with E-state index in [1.54, 1.807) is 11.9 Å². The number of rotatable bonds is 4. The average molecular weight is 381 g/mol.